The van der Waals surface area contributed by atoms with Crippen molar-refractivity contribution in [2.45, 2.75) is 0 Å². The zero-order valence-electron chi connectivity index (χ0n) is 4.70. The lowest BCUT2D eigenvalue weighted by Crippen LogP contribution is -2.17. The van der Waals surface area contributed by atoms with Gasteiger partial charge in [-0.1, -0.05) is 0 Å². The average molecular weight is 126 g/mol. The highest BCUT2D eigenvalue weighted by atomic mass is 16.3. The van der Waals surface area contributed by atoms with Crippen molar-refractivity contribution in [1.82, 2.24) is 14.8 Å². The summed E-state index contributed by atoms with van der Waals surface area (Å²) < 4.78 is 1.02. The van der Waals surface area contributed by atoms with E-state index in [1.54, 1.807) is 0 Å². The highest BCUT2D eigenvalue weighted by Gasteiger charge is 1.97. The van der Waals surface area contributed by atoms with Crippen molar-refractivity contribution in [2.24, 2.45) is 7.05 Å². The normalized spacial score (nSPS) is 9.44. The van der Waals surface area contributed by atoms with Crippen molar-refractivity contribution >= 4 is 0 Å². The molecule has 1 radical (unpaired) electrons. The van der Waals surface area contributed by atoms with E-state index >= 15 is 0 Å². The van der Waals surface area contributed by atoms with Gasteiger partial charge in [-0.25, -0.2) is 0 Å². The van der Waals surface area contributed by atoms with Gasteiger partial charge in [0.05, 0.1) is 0 Å². The molecule has 0 atom stereocenters. The molecular weight excluding hydrogens is 122 g/mol. The summed E-state index contributed by atoms with van der Waals surface area (Å²) in [7, 11) is 1.43. The van der Waals surface area contributed by atoms with Gasteiger partial charge in [0.2, 0.25) is 6.33 Å². The monoisotopic (exact) mass is 126 g/mol. The third kappa shape index (κ3) is 0.883. The van der Waals surface area contributed by atoms with Crippen LogP contribution >= 0.6 is 0 Å². The second-order valence-corrected chi connectivity index (χ2v) is 1.49. The second kappa shape index (κ2) is 1.85. The minimum absolute atomic E-state index is 0.593. The Bertz CT molecular complexity index is 244. The Kier molecular flexibility index (Phi) is 1.18. The van der Waals surface area contributed by atoms with E-state index in [0.717, 1.165) is 4.57 Å². The molecule has 5 nitrogen and oxygen atoms in total. The van der Waals surface area contributed by atoms with E-state index < -0.39 is 11.4 Å². The predicted octanol–water partition coefficient (Wildman–Crippen LogP) is -1.32. The van der Waals surface area contributed by atoms with E-state index in [0.29, 0.717) is 0 Å². The molecule has 0 saturated heterocycles. The van der Waals surface area contributed by atoms with Gasteiger partial charge in [-0.3, -0.25) is 9.36 Å². The van der Waals surface area contributed by atoms with Crippen LogP contribution in [0.4, 0.5) is 0 Å². The van der Waals surface area contributed by atoms with Crippen molar-refractivity contribution in [3.8, 4) is 5.88 Å². The Morgan fingerprint density at radius 2 is 2.44 bits per heavy atom. The van der Waals surface area contributed by atoms with Crippen LogP contribution in [0.25, 0.3) is 0 Å². The summed E-state index contributed by atoms with van der Waals surface area (Å²) in [4.78, 5) is 10.5. The molecule has 1 aromatic heterocycles. The Morgan fingerprint density at radius 3 is 2.89 bits per heavy atom. The van der Waals surface area contributed by atoms with Gasteiger partial charge in [-0.15, -0.1) is 10.2 Å². The number of nitrogens with zero attached hydrogens (tertiary/aromatic N) is 3. The minimum Gasteiger partial charge on any atom is -0.488 e. The molecule has 47 valence electrons. The van der Waals surface area contributed by atoms with E-state index in [1.807, 2.05) is 0 Å². The maximum absolute atomic E-state index is 10.5. The summed E-state index contributed by atoms with van der Waals surface area (Å²) in [6.07, 6.45) is 2.22. The standard InChI is InChI=1S/C4H4N3O2/c1-7-2-5-6-3(8)4(7)9/h1H3,(H,6,8). The average Bonchev–Trinajstić information content (AvgIpc) is 1.83. The number of aromatic nitrogens is 3. The molecule has 0 amide bonds. The molecule has 0 aliphatic heterocycles. The van der Waals surface area contributed by atoms with Crippen molar-refractivity contribution < 1.29 is 5.11 Å². The zero-order valence-corrected chi connectivity index (χ0v) is 4.70. The topological polar surface area (TPSA) is 68.0 Å². The SMILES string of the molecule is Cn1[c]nnc(O)c1=O. The summed E-state index contributed by atoms with van der Waals surface area (Å²) in [5.41, 5.74) is -0.593. The highest BCUT2D eigenvalue weighted by Crippen LogP contribution is 1.83. The van der Waals surface area contributed by atoms with Gasteiger partial charge in [0.15, 0.2) is 0 Å². The zero-order chi connectivity index (χ0) is 6.85. The third-order valence-corrected chi connectivity index (χ3v) is 0.835. The Morgan fingerprint density at radius 1 is 1.78 bits per heavy atom. The van der Waals surface area contributed by atoms with Gasteiger partial charge in [0.1, 0.15) is 0 Å². The first-order valence-electron chi connectivity index (χ1n) is 2.22. The number of aromatic hydroxyl groups is 1. The quantitative estimate of drug-likeness (QED) is 0.468. The van der Waals surface area contributed by atoms with Gasteiger partial charge in [-0.2, -0.15) is 0 Å². The van der Waals surface area contributed by atoms with Gasteiger partial charge in [0.25, 0.3) is 5.88 Å². The number of hydrogen-bond donors (Lipinski definition) is 1. The van der Waals surface area contributed by atoms with E-state index in [4.69, 9.17) is 5.11 Å². The molecule has 0 saturated carbocycles. The van der Waals surface area contributed by atoms with Crippen LogP contribution in [0.15, 0.2) is 4.79 Å². The van der Waals surface area contributed by atoms with Crippen LogP contribution in [0, 0.1) is 6.33 Å². The molecule has 1 aromatic rings. The molecule has 0 fully saturated rings. The van der Waals surface area contributed by atoms with E-state index in [2.05, 4.69) is 16.5 Å². The van der Waals surface area contributed by atoms with E-state index in [-0.39, 0.29) is 0 Å². The van der Waals surface area contributed by atoms with E-state index in [9.17, 15) is 4.79 Å². The maximum Gasteiger partial charge on any atom is 0.316 e. The van der Waals surface area contributed by atoms with Crippen LogP contribution in [-0.4, -0.2) is 19.9 Å². The molecule has 0 unspecified atom stereocenters. The molecule has 5 heteroatoms. The first-order chi connectivity index (χ1) is 4.22. The molecule has 0 aliphatic rings. The van der Waals surface area contributed by atoms with Crippen molar-refractivity contribution in [2.75, 3.05) is 0 Å². The van der Waals surface area contributed by atoms with Gasteiger partial charge in [0, 0.05) is 7.05 Å². The molecule has 0 bridgehead atoms. The molecule has 1 rings (SSSR count). The third-order valence-electron chi connectivity index (χ3n) is 0.835. The molecule has 9 heavy (non-hydrogen) atoms. The fourth-order valence-corrected chi connectivity index (χ4v) is 0.375. The van der Waals surface area contributed by atoms with Gasteiger partial charge >= 0.3 is 5.56 Å². The van der Waals surface area contributed by atoms with Gasteiger partial charge < -0.3 is 5.11 Å². The summed E-state index contributed by atoms with van der Waals surface area (Å²) in [6.45, 7) is 0. The molecule has 0 aliphatic carbocycles. The Hall–Kier alpha value is -1.39. The highest BCUT2D eigenvalue weighted by molar-refractivity contribution is 4.96. The Balaban J connectivity index is 3.43. The van der Waals surface area contributed by atoms with Crippen LogP contribution in [0.5, 0.6) is 5.88 Å². The molecular formula is C4H4N3O2. The number of hydrogen-bond acceptors (Lipinski definition) is 4. The molecule has 0 spiro atoms. The van der Waals surface area contributed by atoms with Crippen LogP contribution in [0.2, 0.25) is 0 Å². The fraction of sp³-hybridized carbons (Fsp3) is 0.250. The lowest BCUT2D eigenvalue weighted by molar-refractivity contribution is 0.426. The summed E-state index contributed by atoms with van der Waals surface area (Å²) in [5, 5.41) is 14.8. The number of rotatable bonds is 0. The number of aryl methyl sites for hydroxylation is 1. The van der Waals surface area contributed by atoms with Crippen molar-refractivity contribution in [3.63, 3.8) is 0 Å². The van der Waals surface area contributed by atoms with Crippen molar-refractivity contribution in [3.05, 3.63) is 16.7 Å². The smallest absolute Gasteiger partial charge is 0.316 e. The lowest BCUT2D eigenvalue weighted by Gasteiger charge is -1.90. The van der Waals surface area contributed by atoms with Crippen LogP contribution in [0.3, 0.4) is 0 Å². The van der Waals surface area contributed by atoms with Gasteiger partial charge in [-0.05, 0) is 0 Å². The second-order valence-electron chi connectivity index (χ2n) is 1.49. The molecule has 1 N–H and O–H groups in total. The molecule has 0 aromatic carbocycles. The van der Waals surface area contributed by atoms with Crippen LogP contribution < -0.4 is 5.56 Å². The largest absolute Gasteiger partial charge is 0.488 e. The summed E-state index contributed by atoms with van der Waals surface area (Å²) >= 11 is 0. The fourth-order valence-electron chi connectivity index (χ4n) is 0.375. The summed E-state index contributed by atoms with van der Waals surface area (Å²) in [5.74, 6) is -0.601. The van der Waals surface area contributed by atoms with E-state index in [1.165, 1.54) is 7.05 Å². The minimum atomic E-state index is -0.601. The maximum atomic E-state index is 10.5. The van der Waals surface area contributed by atoms with Crippen molar-refractivity contribution in [1.29, 1.82) is 0 Å². The lowest BCUT2D eigenvalue weighted by atomic mass is 10.7. The molecule has 1 heterocycles. The predicted molar refractivity (Wildman–Crippen MR) is 27.8 cm³/mol. The van der Waals surface area contributed by atoms with Crippen LogP contribution in [-0.2, 0) is 7.05 Å². The first-order valence-corrected chi connectivity index (χ1v) is 2.22. The Labute approximate surface area is 50.6 Å². The first kappa shape index (κ1) is 5.74. The van der Waals surface area contributed by atoms with Crippen LogP contribution in [0.1, 0.15) is 0 Å². The summed E-state index contributed by atoms with van der Waals surface area (Å²) in [6, 6.07) is 0.